The molecule has 6 heteroatoms. The Morgan fingerprint density at radius 3 is 2.65 bits per heavy atom. The summed E-state index contributed by atoms with van der Waals surface area (Å²) in [5.41, 5.74) is 3.67. The van der Waals surface area contributed by atoms with Gasteiger partial charge in [0.1, 0.15) is 0 Å². The van der Waals surface area contributed by atoms with E-state index in [1.54, 1.807) is 6.20 Å². The summed E-state index contributed by atoms with van der Waals surface area (Å²) in [6.45, 7) is 8.75. The lowest BCUT2D eigenvalue weighted by Gasteiger charge is -2.14. The molecule has 0 spiro atoms. The Bertz CT molecular complexity index is 939. The maximum atomic E-state index is 12.8. The lowest BCUT2D eigenvalue weighted by molar-refractivity contribution is 0.102. The highest BCUT2D eigenvalue weighted by atomic mass is 35.5. The van der Waals surface area contributed by atoms with Gasteiger partial charge in [0, 0.05) is 34.8 Å². The fourth-order valence-electron chi connectivity index (χ4n) is 3.34. The number of imidazole rings is 1. The zero-order chi connectivity index (χ0) is 18.8. The summed E-state index contributed by atoms with van der Waals surface area (Å²) < 4.78 is 4.03. The number of anilines is 1. The Hall–Kier alpha value is -2.53. The van der Waals surface area contributed by atoms with Crippen LogP contribution in [0.1, 0.15) is 47.2 Å². The van der Waals surface area contributed by atoms with Gasteiger partial charge >= 0.3 is 0 Å². The molecule has 0 saturated carbocycles. The van der Waals surface area contributed by atoms with E-state index in [0.29, 0.717) is 29.1 Å². The molecule has 0 radical (unpaired) electrons. The van der Waals surface area contributed by atoms with Gasteiger partial charge < -0.3 is 9.13 Å². The molecular weight excluding hydrogens is 348 g/mol. The molecule has 0 aliphatic rings. The second-order valence-corrected chi connectivity index (χ2v) is 7.08. The van der Waals surface area contributed by atoms with Gasteiger partial charge in [-0.2, -0.15) is 0 Å². The van der Waals surface area contributed by atoms with E-state index in [-0.39, 0.29) is 5.91 Å². The van der Waals surface area contributed by atoms with Crippen molar-refractivity contribution in [3.63, 3.8) is 0 Å². The van der Waals surface area contributed by atoms with Crippen molar-refractivity contribution in [2.45, 2.75) is 40.3 Å². The van der Waals surface area contributed by atoms with E-state index in [0.717, 1.165) is 17.0 Å². The number of rotatable bonds is 5. The third-order valence-corrected chi connectivity index (χ3v) is 4.85. The lowest BCUT2D eigenvalue weighted by atomic mass is 10.2. The van der Waals surface area contributed by atoms with Gasteiger partial charge in [-0.3, -0.25) is 10.1 Å². The Morgan fingerprint density at radius 2 is 2.00 bits per heavy atom. The molecule has 2 heterocycles. The standard InChI is InChI=1S/C20H23ClN4O/c1-13(2)25-14(3)11-17(15(25)4)19(26)23-20-22-9-10-24(20)12-16-7-5-6-8-18(16)21/h5-11,13H,12H2,1-4H3,(H,22,23,26). The van der Waals surface area contributed by atoms with Crippen LogP contribution in [0.3, 0.4) is 0 Å². The van der Waals surface area contributed by atoms with Gasteiger partial charge in [0.25, 0.3) is 5.91 Å². The third kappa shape index (κ3) is 3.53. The third-order valence-electron chi connectivity index (χ3n) is 4.48. The number of aryl methyl sites for hydroxylation is 1. The predicted molar refractivity (Wildman–Crippen MR) is 105 cm³/mol. The van der Waals surface area contributed by atoms with Gasteiger partial charge in [-0.05, 0) is 45.4 Å². The molecule has 1 aromatic carbocycles. The highest BCUT2D eigenvalue weighted by molar-refractivity contribution is 6.31. The van der Waals surface area contributed by atoms with E-state index >= 15 is 0 Å². The first-order valence-electron chi connectivity index (χ1n) is 8.62. The predicted octanol–water partition coefficient (Wildman–Crippen LogP) is 4.84. The Kier molecular flexibility index (Phi) is 5.18. The van der Waals surface area contributed by atoms with Gasteiger partial charge in [-0.25, -0.2) is 4.98 Å². The minimum atomic E-state index is -0.156. The lowest BCUT2D eigenvalue weighted by Crippen LogP contribution is -2.17. The fourth-order valence-corrected chi connectivity index (χ4v) is 3.54. The summed E-state index contributed by atoms with van der Waals surface area (Å²) in [4.78, 5) is 17.1. The van der Waals surface area contributed by atoms with Crippen LogP contribution < -0.4 is 5.32 Å². The maximum Gasteiger partial charge on any atom is 0.259 e. The van der Waals surface area contributed by atoms with Crippen molar-refractivity contribution in [3.8, 4) is 0 Å². The SMILES string of the molecule is Cc1cc(C(=O)Nc2nccn2Cc2ccccc2Cl)c(C)n1C(C)C. The van der Waals surface area contributed by atoms with Crippen molar-refractivity contribution in [2.24, 2.45) is 0 Å². The molecule has 5 nitrogen and oxygen atoms in total. The van der Waals surface area contributed by atoms with Crippen LogP contribution in [0.15, 0.2) is 42.7 Å². The smallest absolute Gasteiger partial charge is 0.259 e. The summed E-state index contributed by atoms with van der Waals surface area (Å²) in [7, 11) is 0. The normalized spacial score (nSPS) is 11.2. The van der Waals surface area contributed by atoms with E-state index in [1.807, 2.05) is 54.9 Å². The van der Waals surface area contributed by atoms with Crippen LogP contribution in [0.2, 0.25) is 5.02 Å². The number of carbonyl (C=O) groups excluding carboxylic acids is 1. The molecule has 0 saturated heterocycles. The molecule has 0 aliphatic carbocycles. The topological polar surface area (TPSA) is 51.9 Å². The first-order valence-corrected chi connectivity index (χ1v) is 9.00. The molecular formula is C20H23ClN4O. The van der Waals surface area contributed by atoms with E-state index < -0.39 is 0 Å². The van der Waals surface area contributed by atoms with Gasteiger partial charge in [-0.1, -0.05) is 29.8 Å². The number of amides is 1. The first kappa shape index (κ1) is 18.3. The molecule has 0 aliphatic heterocycles. The first-order chi connectivity index (χ1) is 12.4. The van der Waals surface area contributed by atoms with E-state index in [1.165, 1.54) is 0 Å². The number of carbonyl (C=O) groups is 1. The van der Waals surface area contributed by atoms with Crippen LogP contribution in [0.5, 0.6) is 0 Å². The van der Waals surface area contributed by atoms with Crippen molar-refractivity contribution < 1.29 is 4.79 Å². The highest BCUT2D eigenvalue weighted by Crippen LogP contribution is 2.22. The number of aromatic nitrogens is 3. The summed E-state index contributed by atoms with van der Waals surface area (Å²) >= 11 is 6.24. The average molecular weight is 371 g/mol. The Balaban J connectivity index is 1.83. The minimum absolute atomic E-state index is 0.156. The van der Waals surface area contributed by atoms with E-state index in [4.69, 9.17) is 11.6 Å². The molecule has 26 heavy (non-hydrogen) atoms. The van der Waals surface area contributed by atoms with Crippen LogP contribution in [0.25, 0.3) is 0 Å². The summed E-state index contributed by atoms with van der Waals surface area (Å²) in [5, 5.41) is 3.62. The van der Waals surface area contributed by atoms with Gasteiger partial charge in [0.05, 0.1) is 12.1 Å². The zero-order valence-electron chi connectivity index (χ0n) is 15.5. The number of benzene rings is 1. The highest BCUT2D eigenvalue weighted by Gasteiger charge is 2.18. The molecule has 0 bridgehead atoms. The van der Waals surface area contributed by atoms with Crippen molar-refractivity contribution in [1.29, 1.82) is 0 Å². The van der Waals surface area contributed by atoms with Crippen LogP contribution in [0, 0.1) is 13.8 Å². The van der Waals surface area contributed by atoms with Gasteiger partial charge in [0.2, 0.25) is 5.95 Å². The fraction of sp³-hybridized carbons (Fsp3) is 0.300. The average Bonchev–Trinajstić information content (AvgIpc) is 3.13. The zero-order valence-corrected chi connectivity index (χ0v) is 16.2. The molecule has 0 atom stereocenters. The van der Waals surface area contributed by atoms with Crippen LogP contribution >= 0.6 is 11.6 Å². The Labute approximate surface area is 158 Å². The van der Waals surface area contributed by atoms with Gasteiger partial charge in [-0.15, -0.1) is 0 Å². The number of hydrogen-bond donors (Lipinski definition) is 1. The molecule has 0 fully saturated rings. The van der Waals surface area contributed by atoms with Crippen molar-refractivity contribution in [1.82, 2.24) is 14.1 Å². The molecule has 0 unspecified atom stereocenters. The summed E-state index contributed by atoms with van der Waals surface area (Å²) in [6, 6.07) is 9.88. The van der Waals surface area contributed by atoms with Crippen LogP contribution in [-0.4, -0.2) is 20.0 Å². The van der Waals surface area contributed by atoms with Crippen molar-refractivity contribution in [2.75, 3.05) is 5.32 Å². The number of halogens is 1. The van der Waals surface area contributed by atoms with Crippen molar-refractivity contribution >= 4 is 23.5 Å². The maximum absolute atomic E-state index is 12.8. The molecule has 1 amide bonds. The second kappa shape index (κ2) is 7.38. The monoisotopic (exact) mass is 370 g/mol. The van der Waals surface area contributed by atoms with Gasteiger partial charge in [0.15, 0.2) is 0 Å². The van der Waals surface area contributed by atoms with Crippen molar-refractivity contribution in [3.05, 3.63) is 70.3 Å². The van der Waals surface area contributed by atoms with E-state index in [2.05, 4.69) is 28.7 Å². The molecule has 2 aromatic heterocycles. The van der Waals surface area contributed by atoms with Crippen LogP contribution in [-0.2, 0) is 6.54 Å². The molecule has 136 valence electrons. The van der Waals surface area contributed by atoms with E-state index in [9.17, 15) is 4.79 Å². The summed E-state index contributed by atoms with van der Waals surface area (Å²) in [5.74, 6) is 0.348. The Morgan fingerprint density at radius 1 is 1.27 bits per heavy atom. The molecule has 1 N–H and O–H groups in total. The number of hydrogen-bond acceptors (Lipinski definition) is 2. The second-order valence-electron chi connectivity index (χ2n) is 6.67. The minimum Gasteiger partial charge on any atom is -0.346 e. The quantitative estimate of drug-likeness (QED) is 0.698. The number of nitrogens with zero attached hydrogens (tertiary/aromatic N) is 3. The summed E-state index contributed by atoms with van der Waals surface area (Å²) in [6.07, 6.45) is 3.50. The number of nitrogens with one attached hydrogen (secondary N) is 1. The van der Waals surface area contributed by atoms with Crippen LogP contribution in [0.4, 0.5) is 5.95 Å². The molecule has 3 aromatic rings. The molecule has 3 rings (SSSR count). The largest absolute Gasteiger partial charge is 0.346 e.